The maximum Gasteiger partial charge on any atom is 0.258 e. The minimum Gasteiger partial charge on any atom is -0.484 e. The van der Waals surface area contributed by atoms with Gasteiger partial charge in [-0.3, -0.25) is 4.79 Å². The molecule has 0 bridgehead atoms. The molecule has 3 aromatic rings. The second kappa shape index (κ2) is 8.91. The summed E-state index contributed by atoms with van der Waals surface area (Å²) in [5.41, 5.74) is 2.23. The quantitative estimate of drug-likeness (QED) is 0.539. The summed E-state index contributed by atoms with van der Waals surface area (Å²) in [6.07, 6.45) is 0. The number of furan rings is 1. The van der Waals surface area contributed by atoms with Crippen LogP contribution in [0.1, 0.15) is 31.1 Å². The summed E-state index contributed by atoms with van der Waals surface area (Å²) in [5.74, 6) is 2.43. The van der Waals surface area contributed by atoms with Crippen LogP contribution in [0.2, 0.25) is 0 Å². The van der Waals surface area contributed by atoms with Gasteiger partial charge in [0.2, 0.25) is 0 Å². The summed E-state index contributed by atoms with van der Waals surface area (Å²) in [6, 6.07) is 19.5. The van der Waals surface area contributed by atoms with Crippen LogP contribution in [0.25, 0.3) is 11.3 Å². The predicted octanol–water partition coefficient (Wildman–Crippen LogP) is 5.53. The number of hydrogen-bond donors (Lipinski definition) is 1. The van der Waals surface area contributed by atoms with E-state index in [4.69, 9.17) is 9.15 Å². The molecule has 0 radical (unpaired) electrons. The molecule has 5 heteroatoms. The van der Waals surface area contributed by atoms with Crippen LogP contribution >= 0.6 is 15.9 Å². The number of ether oxygens (including phenoxy) is 1. The molecule has 1 heterocycles. The number of rotatable bonds is 7. The first-order chi connectivity index (χ1) is 13.0. The van der Waals surface area contributed by atoms with Crippen molar-refractivity contribution in [1.82, 2.24) is 5.32 Å². The van der Waals surface area contributed by atoms with Crippen molar-refractivity contribution in [2.24, 2.45) is 0 Å². The normalized spacial score (nSPS) is 10.8. The second-order valence-electron chi connectivity index (χ2n) is 6.56. The number of nitrogens with one attached hydrogen (secondary N) is 1. The van der Waals surface area contributed by atoms with Crippen LogP contribution in [0, 0.1) is 0 Å². The Hall–Kier alpha value is -2.53. The molecule has 0 aliphatic rings. The molecule has 1 aromatic heterocycles. The third-order valence-corrected chi connectivity index (χ3v) is 4.70. The topological polar surface area (TPSA) is 51.5 Å². The summed E-state index contributed by atoms with van der Waals surface area (Å²) < 4.78 is 12.3. The lowest BCUT2D eigenvalue weighted by Crippen LogP contribution is -2.28. The van der Waals surface area contributed by atoms with E-state index < -0.39 is 0 Å². The van der Waals surface area contributed by atoms with Gasteiger partial charge in [0.25, 0.3) is 5.91 Å². The smallest absolute Gasteiger partial charge is 0.258 e. The molecule has 3 rings (SSSR count). The highest BCUT2D eigenvalue weighted by atomic mass is 79.9. The molecule has 0 fully saturated rings. The van der Waals surface area contributed by atoms with Gasteiger partial charge in [-0.1, -0.05) is 54.0 Å². The van der Waals surface area contributed by atoms with Crippen LogP contribution in [0.5, 0.6) is 5.75 Å². The molecule has 2 aromatic carbocycles. The standard InChI is InChI=1S/C22H22BrNO3/c1-15(2)16-5-9-19(10-6-16)26-14-22(25)24-13-20-11-12-21(27-20)17-3-7-18(23)8-4-17/h3-12,15H,13-14H2,1-2H3,(H,24,25). The zero-order chi connectivity index (χ0) is 19.2. The molecule has 1 amide bonds. The lowest BCUT2D eigenvalue weighted by atomic mass is 10.0. The van der Waals surface area contributed by atoms with Crippen molar-refractivity contribution in [2.75, 3.05) is 6.61 Å². The summed E-state index contributed by atoms with van der Waals surface area (Å²) in [5, 5.41) is 2.81. The van der Waals surface area contributed by atoms with Crippen molar-refractivity contribution in [3.63, 3.8) is 0 Å². The average molecular weight is 428 g/mol. The van der Waals surface area contributed by atoms with E-state index >= 15 is 0 Å². The first-order valence-electron chi connectivity index (χ1n) is 8.85. The maximum atomic E-state index is 12.0. The van der Waals surface area contributed by atoms with Gasteiger partial charge in [0.1, 0.15) is 17.3 Å². The zero-order valence-corrected chi connectivity index (χ0v) is 17.0. The van der Waals surface area contributed by atoms with E-state index in [0.717, 1.165) is 15.8 Å². The molecule has 0 atom stereocenters. The Kier molecular flexibility index (Phi) is 6.35. The molecular formula is C22H22BrNO3. The molecular weight excluding hydrogens is 406 g/mol. The average Bonchev–Trinajstić information content (AvgIpc) is 3.14. The zero-order valence-electron chi connectivity index (χ0n) is 15.4. The molecule has 0 spiro atoms. The predicted molar refractivity (Wildman–Crippen MR) is 110 cm³/mol. The van der Waals surface area contributed by atoms with Gasteiger partial charge in [-0.25, -0.2) is 0 Å². The van der Waals surface area contributed by atoms with Crippen molar-refractivity contribution < 1.29 is 13.9 Å². The van der Waals surface area contributed by atoms with Crippen LogP contribution in [0.15, 0.2) is 69.6 Å². The number of halogens is 1. The fourth-order valence-electron chi connectivity index (χ4n) is 2.58. The van der Waals surface area contributed by atoms with Crippen LogP contribution < -0.4 is 10.1 Å². The van der Waals surface area contributed by atoms with E-state index in [1.807, 2.05) is 60.7 Å². The minimum absolute atomic E-state index is 0.0265. The first-order valence-corrected chi connectivity index (χ1v) is 9.64. The Morgan fingerprint density at radius 3 is 2.41 bits per heavy atom. The van der Waals surface area contributed by atoms with Crippen molar-refractivity contribution in [2.45, 2.75) is 26.3 Å². The highest BCUT2D eigenvalue weighted by Crippen LogP contribution is 2.24. The molecule has 0 saturated carbocycles. The van der Waals surface area contributed by atoms with Gasteiger partial charge in [0.15, 0.2) is 6.61 Å². The molecule has 0 aliphatic carbocycles. The maximum absolute atomic E-state index is 12.0. The third-order valence-electron chi connectivity index (χ3n) is 4.17. The van der Waals surface area contributed by atoms with Gasteiger partial charge in [0, 0.05) is 10.0 Å². The van der Waals surface area contributed by atoms with Gasteiger partial charge >= 0.3 is 0 Å². The lowest BCUT2D eigenvalue weighted by Gasteiger charge is -2.09. The van der Waals surface area contributed by atoms with Crippen LogP contribution in [0.3, 0.4) is 0 Å². The molecule has 4 nitrogen and oxygen atoms in total. The van der Waals surface area contributed by atoms with Gasteiger partial charge in [-0.05, 0) is 47.9 Å². The molecule has 140 valence electrons. The molecule has 27 heavy (non-hydrogen) atoms. The van der Waals surface area contributed by atoms with Crippen LogP contribution in [0.4, 0.5) is 0 Å². The largest absolute Gasteiger partial charge is 0.484 e. The van der Waals surface area contributed by atoms with Gasteiger partial charge in [-0.15, -0.1) is 0 Å². The highest BCUT2D eigenvalue weighted by molar-refractivity contribution is 9.10. The van der Waals surface area contributed by atoms with Crippen LogP contribution in [-0.2, 0) is 11.3 Å². The molecule has 1 N–H and O–H groups in total. The van der Waals surface area contributed by atoms with Crippen molar-refractivity contribution in [1.29, 1.82) is 0 Å². The Bertz CT molecular complexity index is 883. The summed E-state index contributed by atoms with van der Waals surface area (Å²) in [6.45, 7) is 4.58. The number of carbonyl (C=O) groups is 1. The first kappa shape index (κ1) is 19.2. The van der Waals surface area contributed by atoms with Gasteiger partial charge in [-0.2, -0.15) is 0 Å². The third kappa shape index (κ3) is 5.47. The van der Waals surface area contributed by atoms with E-state index in [2.05, 4.69) is 35.1 Å². The fourth-order valence-corrected chi connectivity index (χ4v) is 2.84. The van der Waals surface area contributed by atoms with Gasteiger partial charge in [0.05, 0.1) is 6.54 Å². The van der Waals surface area contributed by atoms with Gasteiger partial charge < -0.3 is 14.5 Å². The van der Waals surface area contributed by atoms with E-state index in [1.165, 1.54) is 5.56 Å². The number of amides is 1. The van der Waals surface area contributed by atoms with Crippen molar-refractivity contribution in [3.05, 3.63) is 76.5 Å². The number of carbonyl (C=O) groups excluding carboxylic acids is 1. The summed E-state index contributed by atoms with van der Waals surface area (Å²) in [7, 11) is 0. The number of benzene rings is 2. The minimum atomic E-state index is -0.190. The number of hydrogen-bond acceptors (Lipinski definition) is 3. The second-order valence-corrected chi connectivity index (χ2v) is 7.48. The summed E-state index contributed by atoms with van der Waals surface area (Å²) >= 11 is 3.42. The fraction of sp³-hybridized carbons (Fsp3) is 0.227. The Balaban J connectivity index is 1.47. The monoisotopic (exact) mass is 427 g/mol. The summed E-state index contributed by atoms with van der Waals surface area (Å²) in [4.78, 5) is 12.0. The van der Waals surface area contributed by atoms with Crippen LogP contribution in [-0.4, -0.2) is 12.5 Å². The lowest BCUT2D eigenvalue weighted by molar-refractivity contribution is -0.123. The Morgan fingerprint density at radius 2 is 1.74 bits per heavy atom. The molecule has 0 saturated heterocycles. The van der Waals surface area contributed by atoms with E-state index in [9.17, 15) is 4.79 Å². The molecule has 0 unspecified atom stereocenters. The van der Waals surface area contributed by atoms with E-state index in [0.29, 0.717) is 24.0 Å². The Morgan fingerprint density at radius 1 is 1.04 bits per heavy atom. The van der Waals surface area contributed by atoms with Crippen molar-refractivity contribution in [3.8, 4) is 17.1 Å². The van der Waals surface area contributed by atoms with E-state index in [1.54, 1.807) is 0 Å². The Labute approximate surface area is 167 Å². The van der Waals surface area contributed by atoms with E-state index in [-0.39, 0.29) is 12.5 Å². The molecule has 0 aliphatic heterocycles. The highest BCUT2D eigenvalue weighted by Gasteiger charge is 2.08. The SMILES string of the molecule is CC(C)c1ccc(OCC(=O)NCc2ccc(-c3ccc(Br)cc3)o2)cc1. The van der Waals surface area contributed by atoms with Crippen molar-refractivity contribution >= 4 is 21.8 Å².